The molecule has 1 saturated carbocycles. The molecular formula is C25H27NO3. The number of fused-ring (bicyclic) bond motifs is 2. The van der Waals surface area contributed by atoms with E-state index < -0.39 is 0 Å². The Morgan fingerprint density at radius 1 is 1.07 bits per heavy atom. The molecule has 0 amide bonds. The van der Waals surface area contributed by atoms with E-state index in [9.17, 15) is 9.59 Å². The highest BCUT2D eigenvalue weighted by atomic mass is 16.5. The Morgan fingerprint density at radius 2 is 1.79 bits per heavy atom. The molecule has 4 nitrogen and oxygen atoms in total. The van der Waals surface area contributed by atoms with Gasteiger partial charge in [0.25, 0.3) is 0 Å². The molecule has 0 radical (unpaired) electrons. The van der Waals surface area contributed by atoms with Gasteiger partial charge in [0.15, 0.2) is 11.6 Å². The quantitative estimate of drug-likeness (QED) is 0.751. The fourth-order valence-corrected chi connectivity index (χ4v) is 5.37. The fourth-order valence-electron chi connectivity index (χ4n) is 5.37. The van der Waals surface area contributed by atoms with Crippen molar-refractivity contribution >= 4 is 11.6 Å². The van der Waals surface area contributed by atoms with Gasteiger partial charge >= 0.3 is 0 Å². The maximum absolute atomic E-state index is 13.1. The molecule has 2 aliphatic heterocycles. The van der Waals surface area contributed by atoms with Crippen LogP contribution in [0, 0.1) is 17.8 Å². The largest absolute Gasteiger partial charge is 0.489 e. The highest BCUT2D eigenvalue weighted by Gasteiger charge is 2.53. The van der Waals surface area contributed by atoms with Gasteiger partial charge in [0.05, 0.1) is 5.56 Å². The number of hydrogen-bond donors (Lipinski definition) is 1. The first-order chi connectivity index (χ1) is 14.1. The van der Waals surface area contributed by atoms with Gasteiger partial charge in [0.1, 0.15) is 11.9 Å². The molecule has 5 rings (SSSR count). The van der Waals surface area contributed by atoms with Crippen LogP contribution >= 0.6 is 0 Å². The maximum Gasteiger partial charge on any atom is 0.166 e. The third-order valence-electron chi connectivity index (χ3n) is 7.02. The number of ether oxygens (including phenoxy) is 1. The number of nitrogens with one attached hydrogen (secondary N) is 1. The zero-order valence-corrected chi connectivity index (χ0v) is 17.0. The molecule has 0 bridgehead atoms. The Balaban J connectivity index is 1.53. The van der Waals surface area contributed by atoms with Crippen LogP contribution in [-0.4, -0.2) is 30.8 Å². The van der Waals surface area contributed by atoms with Crippen molar-refractivity contribution in [2.75, 3.05) is 13.1 Å². The standard InChI is InChI=1S/C25H27NO3/c1-3-22(27)18-9-16(23(28)11-17-20-12-26-13-21(17)20)10-19-24(14(2)29-25(18)19)15-7-5-4-6-8-15/h4-10,14,17,20-21,24,26H,3,11-13H2,1-2H3/t14-,17?,20-,21+,24+/m1/s1. The first-order valence-corrected chi connectivity index (χ1v) is 10.7. The second-order valence-corrected chi connectivity index (χ2v) is 8.71. The van der Waals surface area contributed by atoms with Crippen molar-refractivity contribution in [1.29, 1.82) is 0 Å². The lowest BCUT2D eigenvalue weighted by molar-refractivity contribution is 0.0971. The van der Waals surface area contributed by atoms with Crippen LogP contribution in [0.5, 0.6) is 5.75 Å². The number of hydrogen-bond acceptors (Lipinski definition) is 4. The minimum Gasteiger partial charge on any atom is -0.489 e. The summed E-state index contributed by atoms with van der Waals surface area (Å²) in [5.74, 6) is 2.71. The summed E-state index contributed by atoms with van der Waals surface area (Å²) >= 11 is 0. The summed E-state index contributed by atoms with van der Waals surface area (Å²) in [4.78, 5) is 25.8. The Kier molecular flexibility index (Phi) is 4.54. The first-order valence-electron chi connectivity index (χ1n) is 10.7. The number of ketones is 2. The summed E-state index contributed by atoms with van der Waals surface area (Å²) in [6, 6.07) is 14.0. The second kappa shape index (κ2) is 7.10. The van der Waals surface area contributed by atoms with Crippen molar-refractivity contribution < 1.29 is 14.3 Å². The monoisotopic (exact) mass is 389 g/mol. The zero-order chi connectivity index (χ0) is 20.1. The van der Waals surface area contributed by atoms with E-state index in [1.807, 2.05) is 38.1 Å². The summed E-state index contributed by atoms with van der Waals surface area (Å²) in [5, 5.41) is 3.39. The number of piperidine rings is 1. The van der Waals surface area contributed by atoms with Crippen LogP contribution in [0.2, 0.25) is 0 Å². The van der Waals surface area contributed by atoms with E-state index in [1.54, 1.807) is 6.07 Å². The molecule has 2 fully saturated rings. The average molecular weight is 389 g/mol. The lowest BCUT2D eigenvalue weighted by atomic mass is 9.85. The van der Waals surface area contributed by atoms with E-state index >= 15 is 0 Å². The molecule has 1 saturated heterocycles. The Morgan fingerprint density at radius 3 is 2.48 bits per heavy atom. The van der Waals surface area contributed by atoms with Crippen LogP contribution in [0.15, 0.2) is 42.5 Å². The van der Waals surface area contributed by atoms with Crippen molar-refractivity contribution in [2.24, 2.45) is 17.8 Å². The molecule has 2 heterocycles. The molecule has 1 N–H and O–H groups in total. The lowest BCUT2D eigenvalue weighted by Gasteiger charge is -2.15. The smallest absolute Gasteiger partial charge is 0.166 e. The van der Waals surface area contributed by atoms with Crippen molar-refractivity contribution in [3.8, 4) is 5.75 Å². The van der Waals surface area contributed by atoms with Gasteiger partial charge in [-0.05, 0) is 55.5 Å². The molecule has 0 spiro atoms. The molecule has 1 aliphatic carbocycles. The third-order valence-corrected chi connectivity index (χ3v) is 7.02. The van der Waals surface area contributed by atoms with Crippen molar-refractivity contribution in [1.82, 2.24) is 5.32 Å². The number of rotatable bonds is 6. The summed E-state index contributed by atoms with van der Waals surface area (Å²) in [7, 11) is 0. The van der Waals surface area contributed by atoms with Gasteiger partial charge in [-0.15, -0.1) is 0 Å². The molecule has 29 heavy (non-hydrogen) atoms. The highest BCUT2D eigenvalue weighted by molar-refractivity contribution is 6.04. The van der Waals surface area contributed by atoms with E-state index in [0.29, 0.717) is 47.5 Å². The normalized spacial score (nSPS) is 29.1. The van der Waals surface area contributed by atoms with Crippen LogP contribution in [0.3, 0.4) is 0 Å². The average Bonchev–Trinajstić information content (AvgIpc) is 3.08. The number of carbonyl (C=O) groups is 2. The third kappa shape index (κ3) is 3.10. The van der Waals surface area contributed by atoms with Crippen LogP contribution in [0.4, 0.5) is 0 Å². The molecule has 150 valence electrons. The van der Waals surface area contributed by atoms with Crippen LogP contribution in [0.1, 0.15) is 64.4 Å². The van der Waals surface area contributed by atoms with Crippen LogP contribution in [0.25, 0.3) is 0 Å². The SMILES string of the molecule is CCC(=O)c1cc(C(=O)CC2[C@H]3CNC[C@@H]23)cc2c1O[C@H](C)[C@H]2c1ccccc1. The van der Waals surface area contributed by atoms with Gasteiger partial charge in [0.2, 0.25) is 0 Å². The zero-order valence-electron chi connectivity index (χ0n) is 17.0. The molecule has 1 unspecified atom stereocenters. The van der Waals surface area contributed by atoms with Gasteiger partial charge in [-0.25, -0.2) is 0 Å². The molecule has 2 aromatic carbocycles. The summed E-state index contributed by atoms with van der Waals surface area (Å²) in [5.41, 5.74) is 3.36. The summed E-state index contributed by atoms with van der Waals surface area (Å²) in [6.07, 6.45) is 0.910. The Bertz CT molecular complexity index is 958. The predicted octanol–water partition coefficient (Wildman–Crippen LogP) is 4.23. The van der Waals surface area contributed by atoms with Gasteiger partial charge < -0.3 is 10.1 Å². The van der Waals surface area contributed by atoms with E-state index in [-0.39, 0.29) is 23.6 Å². The first kappa shape index (κ1) is 18.6. The summed E-state index contributed by atoms with van der Waals surface area (Å²) in [6.45, 7) is 5.97. The molecule has 3 aliphatic rings. The lowest BCUT2D eigenvalue weighted by Crippen LogP contribution is -2.16. The minimum atomic E-state index is -0.0741. The van der Waals surface area contributed by atoms with Gasteiger partial charge in [-0.3, -0.25) is 9.59 Å². The van der Waals surface area contributed by atoms with E-state index in [0.717, 1.165) is 24.2 Å². The highest BCUT2D eigenvalue weighted by Crippen LogP contribution is 2.51. The molecule has 4 heteroatoms. The van der Waals surface area contributed by atoms with Gasteiger partial charge in [0, 0.05) is 29.9 Å². The van der Waals surface area contributed by atoms with Crippen LogP contribution < -0.4 is 10.1 Å². The molecule has 2 aromatic rings. The second-order valence-electron chi connectivity index (χ2n) is 8.71. The van der Waals surface area contributed by atoms with E-state index in [2.05, 4.69) is 17.4 Å². The van der Waals surface area contributed by atoms with Gasteiger partial charge in [-0.1, -0.05) is 37.3 Å². The minimum absolute atomic E-state index is 0.0318. The number of benzene rings is 2. The van der Waals surface area contributed by atoms with Crippen molar-refractivity contribution in [2.45, 2.75) is 38.7 Å². The van der Waals surface area contributed by atoms with Crippen molar-refractivity contribution in [3.63, 3.8) is 0 Å². The fraction of sp³-hybridized carbons (Fsp3) is 0.440. The topological polar surface area (TPSA) is 55.4 Å². The van der Waals surface area contributed by atoms with Crippen LogP contribution in [-0.2, 0) is 0 Å². The van der Waals surface area contributed by atoms with Gasteiger partial charge in [-0.2, -0.15) is 0 Å². The van der Waals surface area contributed by atoms with E-state index in [4.69, 9.17) is 4.74 Å². The molecular weight excluding hydrogens is 362 g/mol. The molecule has 5 atom stereocenters. The number of Topliss-reactive ketones (excluding diaryl/α,β-unsaturated/α-hetero) is 2. The predicted molar refractivity (Wildman–Crippen MR) is 112 cm³/mol. The van der Waals surface area contributed by atoms with Crippen molar-refractivity contribution in [3.05, 3.63) is 64.7 Å². The Hall–Kier alpha value is -2.46. The number of carbonyl (C=O) groups excluding carboxylic acids is 2. The molecule has 0 aromatic heterocycles. The Labute approximate surface area is 171 Å². The summed E-state index contributed by atoms with van der Waals surface area (Å²) < 4.78 is 6.18. The van der Waals surface area contributed by atoms with E-state index in [1.165, 1.54) is 0 Å². The maximum atomic E-state index is 13.1.